The highest BCUT2D eigenvalue weighted by Gasteiger charge is 2.40. The lowest BCUT2D eigenvalue weighted by Gasteiger charge is -2.37. The van der Waals surface area contributed by atoms with E-state index in [1.807, 2.05) is 31.6 Å². The van der Waals surface area contributed by atoms with E-state index < -0.39 is 0 Å². The molecule has 1 aliphatic heterocycles. The van der Waals surface area contributed by atoms with Crippen molar-refractivity contribution in [3.63, 3.8) is 0 Å². The third kappa shape index (κ3) is 2.68. The van der Waals surface area contributed by atoms with E-state index >= 15 is 0 Å². The third-order valence-corrected chi connectivity index (χ3v) is 7.51. The molecule has 1 aliphatic carbocycles. The number of H-pyrrole nitrogens is 1. The predicted molar refractivity (Wildman–Crippen MR) is 122 cm³/mol. The summed E-state index contributed by atoms with van der Waals surface area (Å²) in [5.74, 6) is 1.63. The predicted octanol–water partition coefficient (Wildman–Crippen LogP) is 2.64. The molecule has 4 aromatic rings. The minimum Gasteiger partial charge on any atom is -0.345 e. The fourth-order valence-electron chi connectivity index (χ4n) is 5.46. The number of nitrogens with zero attached hydrogens (tertiary/aromatic N) is 5. The Morgan fingerprint density at radius 2 is 1.90 bits per heavy atom. The van der Waals surface area contributed by atoms with Gasteiger partial charge < -0.3 is 15.6 Å². The van der Waals surface area contributed by atoms with Gasteiger partial charge in [-0.05, 0) is 30.7 Å². The molecule has 1 saturated heterocycles. The van der Waals surface area contributed by atoms with Crippen LogP contribution < -0.4 is 16.2 Å². The molecule has 8 nitrogen and oxygen atoms in total. The number of anilines is 1. The van der Waals surface area contributed by atoms with Crippen molar-refractivity contribution in [2.24, 2.45) is 31.7 Å². The molecule has 6 rings (SSSR count). The molecule has 4 heterocycles. The van der Waals surface area contributed by atoms with Gasteiger partial charge in [-0.25, -0.2) is 0 Å². The van der Waals surface area contributed by atoms with Gasteiger partial charge >= 0.3 is 0 Å². The molecule has 0 spiro atoms. The van der Waals surface area contributed by atoms with Crippen molar-refractivity contribution in [3.05, 3.63) is 39.9 Å². The average molecular weight is 438 g/mol. The summed E-state index contributed by atoms with van der Waals surface area (Å²) in [6.45, 7) is 1.70. The lowest BCUT2D eigenvalue weighted by molar-refractivity contribution is 0.351. The molecule has 31 heavy (non-hydrogen) atoms. The first-order chi connectivity index (χ1) is 14.9. The minimum atomic E-state index is -0.0826. The molecule has 2 bridgehead atoms. The van der Waals surface area contributed by atoms with E-state index in [2.05, 4.69) is 15.0 Å². The van der Waals surface area contributed by atoms with Crippen LogP contribution in [0.2, 0.25) is 5.02 Å². The summed E-state index contributed by atoms with van der Waals surface area (Å²) in [7, 11) is 3.66. The van der Waals surface area contributed by atoms with Crippen LogP contribution in [0, 0.1) is 11.8 Å². The normalized spacial score (nSPS) is 23.4. The molecule has 2 aliphatic rings. The lowest BCUT2D eigenvalue weighted by Crippen LogP contribution is -2.50. The number of hydrogen-bond acceptors (Lipinski definition) is 5. The first kappa shape index (κ1) is 18.9. The molecule has 3 atom stereocenters. The van der Waals surface area contributed by atoms with Crippen LogP contribution in [-0.4, -0.2) is 43.4 Å². The summed E-state index contributed by atoms with van der Waals surface area (Å²) in [4.78, 5) is 23.7. The van der Waals surface area contributed by atoms with Crippen LogP contribution in [-0.2, 0) is 14.1 Å². The number of rotatable bonds is 2. The van der Waals surface area contributed by atoms with E-state index in [4.69, 9.17) is 22.3 Å². The van der Waals surface area contributed by atoms with E-state index in [0.717, 1.165) is 48.0 Å². The van der Waals surface area contributed by atoms with Crippen molar-refractivity contribution in [2.45, 2.75) is 18.9 Å². The Morgan fingerprint density at radius 3 is 2.65 bits per heavy atom. The Hall–Kier alpha value is -2.84. The van der Waals surface area contributed by atoms with E-state index in [1.165, 1.54) is 0 Å². The second-order valence-electron chi connectivity index (χ2n) is 8.94. The molecule has 0 radical (unpaired) electrons. The monoisotopic (exact) mass is 437 g/mol. The van der Waals surface area contributed by atoms with E-state index in [1.54, 1.807) is 16.3 Å². The van der Waals surface area contributed by atoms with Crippen LogP contribution in [0.15, 0.2) is 29.3 Å². The van der Waals surface area contributed by atoms with Crippen molar-refractivity contribution >= 4 is 39.5 Å². The zero-order chi connectivity index (χ0) is 21.4. The number of fused-ring (bicyclic) bond motifs is 4. The Bertz CT molecular complexity index is 1390. The van der Waals surface area contributed by atoms with Crippen LogP contribution in [0.1, 0.15) is 12.8 Å². The Labute approximate surface area is 183 Å². The number of benzene rings is 1. The van der Waals surface area contributed by atoms with Crippen LogP contribution in [0.4, 0.5) is 5.95 Å². The van der Waals surface area contributed by atoms with Gasteiger partial charge in [0.05, 0.1) is 15.9 Å². The average Bonchev–Trinajstić information content (AvgIpc) is 3.38. The van der Waals surface area contributed by atoms with Gasteiger partial charge in [-0.2, -0.15) is 10.1 Å². The van der Waals surface area contributed by atoms with Gasteiger partial charge in [-0.1, -0.05) is 17.7 Å². The maximum atomic E-state index is 13.5. The summed E-state index contributed by atoms with van der Waals surface area (Å²) in [6.07, 6.45) is 6.02. The second kappa shape index (κ2) is 6.58. The molecular formula is C22H24ClN7O. The van der Waals surface area contributed by atoms with Crippen LogP contribution >= 0.6 is 11.6 Å². The van der Waals surface area contributed by atoms with Crippen molar-refractivity contribution in [1.29, 1.82) is 0 Å². The summed E-state index contributed by atoms with van der Waals surface area (Å²) in [5, 5.41) is 6.40. The van der Waals surface area contributed by atoms with Crippen molar-refractivity contribution in [1.82, 2.24) is 24.3 Å². The number of piperidine rings is 1. The highest BCUT2D eigenvalue weighted by Crippen LogP contribution is 2.38. The zero-order valence-corrected chi connectivity index (χ0v) is 18.2. The quantitative estimate of drug-likeness (QED) is 0.502. The number of aromatic amines is 1. The van der Waals surface area contributed by atoms with Gasteiger partial charge in [0.25, 0.3) is 5.56 Å². The fraction of sp³-hybridized carbons (Fsp3) is 0.409. The number of nitrogens with two attached hydrogens (primary N) is 1. The van der Waals surface area contributed by atoms with Gasteiger partial charge in [0, 0.05) is 62.1 Å². The highest BCUT2D eigenvalue weighted by atomic mass is 35.5. The molecule has 1 saturated carbocycles. The first-order valence-electron chi connectivity index (χ1n) is 10.6. The van der Waals surface area contributed by atoms with Gasteiger partial charge in [0.15, 0.2) is 0 Å². The van der Waals surface area contributed by atoms with Gasteiger partial charge in [0.1, 0.15) is 5.65 Å². The van der Waals surface area contributed by atoms with Crippen LogP contribution in [0.25, 0.3) is 33.1 Å². The Morgan fingerprint density at radius 1 is 1.16 bits per heavy atom. The maximum Gasteiger partial charge on any atom is 0.264 e. The largest absolute Gasteiger partial charge is 0.345 e. The van der Waals surface area contributed by atoms with Crippen molar-refractivity contribution in [2.75, 3.05) is 18.0 Å². The van der Waals surface area contributed by atoms with Gasteiger partial charge in [0.2, 0.25) is 5.95 Å². The Balaban J connectivity index is 1.48. The van der Waals surface area contributed by atoms with E-state index in [0.29, 0.717) is 33.8 Å². The molecule has 0 amide bonds. The molecule has 9 heteroatoms. The summed E-state index contributed by atoms with van der Waals surface area (Å²) in [5.41, 5.74) is 9.24. The number of nitrogens with one attached hydrogen (secondary N) is 1. The molecule has 1 aromatic carbocycles. The topological polar surface area (TPSA) is 97.8 Å². The fourth-order valence-corrected chi connectivity index (χ4v) is 5.77. The number of aromatic nitrogens is 5. The molecule has 1 unspecified atom stereocenters. The number of aryl methyl sites for hydroxylation is 1. The van der Waals surface area contributed by atoms with Gasteiger partial charge in [-0.3, -0.25) is 14.0 Å². The van der Waals surface area contributed by atoms with Crippen LogP contribution in [0.3, 0.4) is 0 Å². The molecule has 3 aromatic heterocycles. The van der Waals surface area contributed by atoms with E-state index in [9.17, 15) is 4.79 Å². The standard InChI is InChI=1S/C22H24ClN7O/c1-28-10-15-16(27-28)6-5-13(18(15)23)14-7-25-20-17(14)21(31)29(2)22(26-20)30-8-11-3-4-12(9-30)19(11)24/h5-7,10-12,19,25H,3-4,8-9,24H2,1-2H3/t11-,12+,19?. The summed E-state index contributed by atoms with van der Waals surface area (Å²) in [6, 6.07) is 4.10. The number of hydrogen-bond donors (Lipinski definition) is 2. The van der Waals surface area contributed by atoms with Crippen molar-refractivity contribution < 1.29 is 0 Å². The molecule has 2 fully saturated rings. The lowest BCUT2D eigenvalue weighted by atomic mass is 9.93. The smallest absolute Gasteiger partial charge is 0.264 e. The summed E-state index contributed by atoms with van der Waals surface area (Å²) < 4.78 is 3.40. The second-order valence-corrected chi connectivity index (χ2v) is 9.32. The maximum absolute atomic E-state index is 13.5. The Kier molecular flexibility index (Phi) is 4.01. The summed E-state index contributed by atoms with van der Waals surface area (Å²) >= 11 is 6.73. The number of halogens is 1. The van der Waals surface area contributed by atoms with E-state index in [-0.39, 0.29) is 11.6 Å². The third-order valence-electron chi connectivity index (χ3n) is 7.11. The van der Waals surface area contributed by atoms with Crippen LogP contribution in [0.5, 0.6) is 0 Å². The van der Waals surface area contributed by atoms with Crippen molar-refractivity contribution in [3.8, 4) is 11.1 Å². The zero-order valence-electron chi connectivity index (χ0n) is 17.5. The SMILES string of the molecule is Cn1cc2c(Cl)c(-c3c[nH]c4nc(N5C[C@H]6CC[C@@H](C5)C6N)n(C)c(=O)c34)ccc2n1. The molecule has 3 N–H and O–H groups in total. The molecule has 160 valence electrons. The first-order valence-corrected chi connectivity index (χ1v) is 11.0. The van der Waals surface area contributed by atoms with Gasteiger partial charge in [-0.15, -0.1) is 0 Å². The minimum absolute atomic E-state index is 0.0826. The molecular weight excluding hydrogens is 414 g/mol. The highest BCUT2D eigenvalue weighted by molar-refractivity contribution is 6.38.